The van der Waals surface area contributed by atoms with E-state index in [0.29, 0.717) is 4.99 Å². The summed E-state index contributed by atoms with van der Waals surface area (Å²) in [6, 6.07) is 10.5. The third kappa shape index (κ3) is 4.29. The summed E-state index contributed by atoms with van der Waals surface area (Å²) >= 11 is 5.00. The van der Waals surface area contributed by atoms with Gasteiger partial charge in [-0.25, -0.2) is 0 Å². The predicted molar refractivity (Wildman–Crippen MR) is 73.3 cm³/mol. The molecule has 0 heterocycles. The van der Waals surface area contributed by atoms with E-state index >= 15 is 0 Å². The van der Waals surface area contributed by atoms with Crippen LogP contribution in [-0.2, 0) is 6.54 Å². The molecule has 0 fully saturated rings. The van der Waals surface area contributed by atoms with Crippen LogP contribution in [0.2, 0.25) is 0 Å². The topological polar surface area (TPSA) is 29.3 Å². The van der Waals surface area contributed by atoms with Crippen LogP contribution in [-0.4, -0.2) is 23.0 Å². The Kier molecular flexibility index (Phi) is 5.43. The molecule has 1 aromatic carbocycles. The Labute approximate surface area is 103 Å². The van der Waals surface area contributed by atoms with Crippen LogP contribution in [0.3, 0.4) is 0 Å². The monoisotopic (exact) mass is 236 g/mol. The molecular weight excluding hydrogens is 216 g/mol. The zero-order valence-corrected chi connectivity index (χ0v) is 10.8. The highest BCUT2D eigenvalue weighted by Gasteiger charge is 2.10. The molecule has 0 amide bonds. The number of hydrogen-bond donors (Lipinski definition) is 1. The maximum absolute atomic E-state index is 5.64. The molecule has 1 aromatic rings. The maximum atomic E-state index is 5.64. The number of rotatable bonds is 6. The summed E-state index contributed by atoms with van der Waals surface area (Å²) in [5.41, 5.74) is 6.97. The summed E-state index contributed by atoms with van der Waals surface area (Å²) in [6.45, 7) is 7.15. The summed E-state index contributed by atoms with van der Waals surface area (Å²) < 4.78 is 0. The molecular formula is C13H20N2S. The van der Waals surface area contributed by atoms with Crippen LogP contribution >= 0.6 is 12.2 Å². The minimum absolute atomic E-state index is 0.277. The first kappa shape index (κ1) is 13.1. The number of benzene rings is 1. The summed E-state index contributed by atoms with van der Waals surface area (Å²) in [7, 11) is 0. The third-order valence-corrected chi connectivity index (χ3v) is 3.12. The van der Waals surface area contributed by atoms with Crippen LogP contribution in [0.5, 0.6) is 0 Å². The van der Waals surface area contributed by atoms with E-state index in [9.17, 15) is 0 Å². The van der Waals surface area contributed by atoms with Gasteiger partial charge in [0.25, 0.3) is 0 Å². The molecule has 2 N–H and O–H groups in total. The molecule has 0 bridgehead atoms. The van der Waals surface area contributed by atoms with Gasteiger partial charge in [0.1, 0.15) is 0 Å². The Bertz CT molecular complexity index is 324. The lowest BCUT2D eigenvalue weighted by Crippen LogP contribution is -2.33. The molecule has 0 aromatic heterocycles. The molecule has 0 saturated heterocycles. The van der Waals surface area contributed by atoms with Crippen molar-refractivity contribution in [1.29, 1.82) is 0 Å². The number of nitrogens with zero attached hydrogens (tertiary/aromatic N) is 1. The second-order valence-corrected chi connectivity index (χ2v) is 4.59. The standard InChI is InChI=1S/C13H20N2S/c1-3-15(9-11(2)13(14)16)10-12-7-5-4-6-8-12/h4-8,11H,3,9-10H2,1-2H3,(H2,14,16). The van der Waals surface area contributed by atoms with Gasteiger partial charge in [-0.1, -0.05) is 56.4 Å². The van der Waals surface area contributed by atoms with Crippen molar-refractivity contribution in [1.82, 2.24) is 4.90 Å². The van der Waals surface area contributed by atoms with E-state index in [1.54, 1.807) is 0 Å². The minimum Gasteiger partial charge on any atom is -0.393 e. The Morgan fingerprint density at radius 3 is 2.50 bits per heavy atom. The first-order chi connectivity index (χ1) is 7.63. The van der Waals surface area contributed by atoms with Gasteiger partial charge < -0.3 is 5.73 Å². The zero-order chi connectivity index (χ0) is 12.0. The second-order valence-electron chi connectivity index (χ2n) is 4.12. The normalized spacial score (nSPS) is 12.7. The fourth-order valence-electron chi connectivity index (χ4n) is 1.62. The molecule has 3 heteroatoms. The van der Waals surface area contributed by atoms with Crippen molar-refractivity contribution in [2.24, 2.45) is 11.7 Å². The average Bonchev–Trinajstić information content (AvgIpc) is 2.29. The van der Waals surface area contributed by atoms with Crippen molar-refractivity contribution in [3.05, 3.63) is 35.9 Å². The molecule has 0 spiro atoms. The molecule has 0 aliphatic rings. The van der Waals surface area contributed by atoms with Gasteiger partial charge in [0.15, 0.2) is 0 Å². The van der Waals surface area contributed by atoms with E-state index in [2.05, 4.69) is 43.0 Å². The van der Waals surface area contributed by atoms with E-state index in [1.165, 1.54) is 5.56 Å². The van der Waals surface area contributed by atoms with E-state index < -0.39 is 0 Å². The lowest BCUT2D eigenvalue weighted by atomic mass is 10.1. The summed E-state index contributed by atoms with van der Waals surface area (Å²) in [4.78, 5) is 2.96. The molecule has 16 heavy (non-hydrogen) atoms. The molecule has 0 aliphatic carbocycles. The van der Waals surface area contributed by atoms with Gasteiger partial charge in [-0.05, 0) is 12.1 Å². The van der Waals surface area contributed by atoms with Crippen LogP contribution in [0.25, 0.3) is 0 Å². The first-order valence-corrected chi connectivity index (χ1v) is 6.10. The summed E-state index contributed by atoms with van der Waals surface area (Å²) in [5, 5.41) is 0. The molecule has 0 saturated carbocycles. The van der Waals surface area contributed by atoms with Crippen LogP contribution in [0.4, 0.5) is 0 Å². The van der Waals surface area contributed by atoms with Gasteiger partial charge in [-0.2, -0.15) is 0 Å². The summed E-state index contributed by atoms with van der Waals surface area (Å²) in [5.74, 6) is 0.277. The van der Waals surface area contributed by atoms with Crippen LogP contribution < -0.4 is 5.73 Å². The van der Waals surface area contributed by atoms with Gasteiger partial charge in [0.05, 0.1) is 4.99 Å². The molecule has 1 atom stereocenters. The average molecular weight is 236 g/mol. The van der Waals surface area contributed by atoms with Crippen molar-refractivity contribution in [2.45, 2.75) is 20.4 Å². The van der Waals surface area contributed by atoms with E-state index in [1.807, 2.05) is 6.07 Å². The highest BCUT2D eigenvalue weighted by Crippen LogP contribution is 2.07. The maximum Gasteiger partial charge on any atom is 0.0768 e. The molecule has 1 unspecified atom stereocenters. The van der Waals surface area contributed by atoms with Crippen LogP contribution in [0.15, 0.2) is 30.3 Å². The number of nitrogens with two attached hydrogens (primary N) is 1. The smallest absolute Gasteiger partial charge is 0.0768 e. The highest BCUT2D eigenvalue weighted by molar-refractivity contribution is 7.80. The van der Waals surface area contributed by atoms with Crippen molar-refractivity contribution in [3.63, 3.8) is 0 Å². The number of hydrogen-bond acceptors (Lipinski definition) is 2. The molecule has 88 valence electrons. The van der Waals surface area contributed by atoms with Crippen LogP contribution in [0.1, 0.15) is 19.4 Å². The van der Waals surface area contributed by atoms with Gasteiger partial charge in [0.2, 0.25) is 0 Å². The highest BCUT2D eigenvalue weighted by atomic mass is 32.1. The SMILES string of the molecule is CCN(Cc1ccccc1)CC(C)C(N)=S. The van der Waals surface area contributed by atoms with Gasteiger partial charge in [-0.15, -0.1) is 0 Å². The Morgan fingerprint density at radius 2 is 2.00 bits per heavy atom. The third-order valence-electron chi connectivity index (χ3n) is 2.71. The van der Waals surface area contributed by atoms with Gasteiger partial charge in [-0.3, -0.25) is 4.90 Å². The minimum atomic E-state index is 0.277. The zero-order valence-electron chi connectivity index (χ0n) is 10.0. The molecule has 0 aliphatic heterocycles. The fourth-order valence-corrected chi connectivity index (χ4v) is 1.70. The van der Waals surface area contributed by atoms with E-state index in [4.69, 9.17) is 18.0 Å². The number of thiocarbonyl (C=S) groups is 1. The van der Waals surface area contributed by atoms with Crippen molar-refractivity contribution < 1.29 is 0 Å². The first-order valence-electron chi connectivity index (χ1n) is 5.69. The van der Waals surface area contributed by atoms with Gasteiger partial charge >= 0.3 is 0 Å². The Balaban J connectivity index is 2.53. The summed E-state index contributed by atoms with van der Waals surface area (Å²) in [6.07, 6.45) is 0. The molecule has 0 radical (unpaired) electrons. The molecule has 1 rings (SSSR count). The van der Waals surface area contributed by atoms with Crippen molar-refractivity contribution in [2.75, 3.05) is 13.1 Å². The molecule has 2 nitrogen and oxygen atoms in total. The Morgan fingerprint density at radius 1 is 1.38 bits per heavy atom. The Hall–Kier alpha value is -0.930. The fraction of sp³-hybridized carbons (Fsp3) is 0.462. The predicted octanol–water partition coefficient (Wildman–Crippen LogP) is 2.43. The second kappa shape index (κ2) is 6.61. The van der Waals surface area contributed by atoms with Crippen molar-refractivity contribution in [3.8, 4) is 0 Å². The lowest BCUT2D eigenvalue weighted by Gasteiger charge is -2.23. The van der Waals surface area contributed by atoms with Crippen molar-refractivity contribution >= 4 is 17.2 Å². The lowest BCUT2D eigenvalue weighted by molar-refractivity contribution is 0.264. The quantitative estimate of drug-likeness (QED) is 0.769. The van der Waals surface area contributed by atoms with E-state index in [0.717, 1.165) is 19.6 Å². The van der Waals surface area contributed by atoms with Gasteiger partial charge in [0, 0.05) is 19.0 Å². The van der Waals surface area contributed by atoms with E-state index in [-0.39, 0.29) is 5.92 Å². The van der Waals surface area contributed by atoms with Crippen LogP contribution in [0, 0.1) is 5.92 Å². The largest absolute Gasteiger partial charge is 0.393 e.